The van der Waals surface area contributed by atoms with Crippen LogP contribution >= 0.6 is 0 Å². The van der Waals surface area contributed by atoms with E-state index in [1.807, 2.05) is 13.0 Å². The highest BCUT2D eigenvalue weighted by Gasteiger charge is 2.41. The van der Waals surface area contributed by atoms with E-state index >= 15 is 0 Å². The third-order valence-electron chi connectivity index (χ3n) is 4.34. The second kappa shape index (κ2) is 8.05. The fourth-order valence-corrected chi connectivity index (χ4v) is 3.09. The average Bonchev–Trinajstić information content (AvgIpc) is 2.94. The minimum Gasteiger partial charge on any atom is -0.494 e. The van der Waals surface area contributed by atoms with Crippen molar-refractivity contribution in [3.63, 3.8) is 0 Å². The zero-order valence-corrected chi connectivity index (χ0v) is 15.4. The fourth-order valence-electron chi connectivity index (χ4n) is 3.09. The average molecular weight is 366 g/mol. The van der Waals surface area contributed by atoms with Crippen molar-refractivity contribution < 1.29 is 19.4 Å². The molecule has 0 saturated heterocycles. The minimum atomic E-state index is -0.397. The Morgan fingerprint density at radius 1 is 1.00 bits per heavy atom. The van der Waals surface area contributed by atoms with E-state index in [4.69, 9.17) is 4.74 Å². The van der Waals surface area contributed by atoms with Crippen LogP contribution < -0.4 is 9.64 Å². The lowest BCUT2D eigenvalue weighted by Gasteiger charge is -2.20. The Bertz CT molecular complexity index is 860. The normalized spacial score (nSPS) is 14.1. The summed E-state index contributed by atoms with van der Waals surface area (Å²) in [6, 6.07) is 15.9. The standard InChI is InChI=1S/C21H22N2O4/c1-3-27-17-11-9-15(10-12-17)18-19(22(2)13-14-24)21(26)23(20(18)25)16-7-5-4-6-8-16/h4-12,24H,3,13-14H2,1-2H3. The lowest BCUT2D eigenvalue weighted by molar-refractivity contribution is -0.120. The lowest BCUT2D eigenvalue weighted by Crippen LogP contribution is -2.34. The van der Waals surface area contributed by atoms with Crippen molar-refractivity contribution in [2.45, 2.75) is 6.92 Å². The molecule has 0 atom stereocenters. The Morgan fingerprint density at radius 2 is 1.67 bits per heavy atom. The molecule has 6 nitrogen and oxygen atoms in total. The summed E-state index contributed by atoms with van der Waals surface area (Å²) in [6.45, 7) is 2.57. The van der Waals surface area contributed by atoms with Crippen molar-refractivity contribution in [2.75, 3.05) is 31.7 Å². The van der Waals surface area contributed by atoms with Gasteiger partial charge in [-0.05, 0) is 36.8 Å². The van der Waals surface area contributed by atoms with Crippen molar-refractivity contribution in [1.29, 1.82) is 0 Å². The summed E-state index contributed by atoms with van der Waals surface area (Å²) in [5.41, 5.74) is 1.75. The molecule has 2 aromatic carbocycles. The molecule has 0 spiro atoms. The van der Waals surface area contributed by atoms with Gasteiger partial charge in [0.05, 0.1) is 24.5 Å². The summed E-state index contributed by atoms with van der Waals surface area (Å²) < 4.78 is 5.45. The number of para-hydroxylation sites is 1. The molecular formula is C21H22N2O4. The smallest absolute Gasteiger partial charge is 0.282 e. The summed E-state index contributed by atoms with van der Waals surface area (Å²) in [7, 11) is 1.69. The Morgan fingerprint density at radius 3 is 2.26 bits per heavy atom. The van der Waals surface area contributed by atoms with Crippen LogP contribution in [0.3, 0.4) is 0 Å². The van der Waals surface area contributed by atoms with E-state index in [1.165, 1.54) is 4.90 Å². The maximum Gasteiger partial charge on any atom is 0.282 e. The zero-order valence-electron chi connectivity index (χ0n) is 15.4. The molecule has 0 unspecified atom stereocenters. The number of anilines is 1. The number of aliphatic hydroxyl groups excluding tert-OH is 1. The van der Waals surface area contributed by atoms with Crippen LogP contribution in [0.2, 0.25) is 0 Å². The molecule has 1 aliphatic heterocycles. The van der Waals surface area contributed by atoms with Crippen LogP contribution in [0.1, 0.15) is 12.5 Å². The minimum absolute atomic E-state index is 0.122. The summed E-state index contributed by atoms with van der Waals surface area (Å²) in [6.07, 6.45) is 0. The highest BCUT2D eigenvalue weighted by Crippen LogP contribution is 2.34. The summed E-state index contributed by atoms with van der Waals surface area (Å²) in [5.74, 6) is -0.0787. The van der Waals surface area contributed by atoms with Gasteiger partial charge in [0.1, 0.15) is 11.4 Å². The highest BCUT2D eigenvalue weighted by atomic mass is 16.5. The predicted octanol–water partition coefficient (Wildman–Crippen LogP) is 2.29. The number of carbonyl (C=O) groups is 2. The number of amides is 2. The van der Waals surface area contributed by atoms with Crippen LogP contribution in [-0.2, 0) is 9.59 Å². The SMILES string of the molecule is CCOc1ccc(C2=C(N(C)CCO)C(=O)N(c3ccccc3)C2=O)cc1. The molecule has 0 aromatic heterocycles. The van der Waals surface area contributed by atoms with Crippen LogP contribution in [0.4, 0.5) is 5.69 Å². The summed E-state index contributed by atoms with van der Waals surface area (Å²) in [4.78, 5) is 29.1. The third kappa shape index (κ3) is 3.57. The molecule has 0 bridgehead atoms. The van der Waals surface area contributed by atoms with Gasteiger partial charge in [0.2, 0.25) is 0 Å². The monoisotopic (exact) mass is 366 g/mol. The van der Waals surface area contributed by atoms with Gasteiger partial charge in [0.15, 0.2) is 0 Å². The fraction of sp³-hybridized carbons (Fsp3) is 0.238. The van der Waals surface area contributed by atoms with Gasteiger partial charge >= 0.3 is 0 Å². The number of benzene rings is 2. The van der Waals surface area contributed by atoms with Gasteiger partial charge in [-0.2, -0.15) is 0 Å². The molecule has 0 aliphatic carbocycles. The van der Waals surface area contributed by atoms with E-state index in [9.17, 15) is 14.7 Å². The molecule has 27 heavy (non-hydrogen) atoms. The molecule has 0 radical (unpaired) electrons. The Hall–Kier alpha value is -3.12. The summed E-state index contributed by atoms with van der Waals surface area (Å²) in [5, 5.41) is 9.29. The Kier molecular flexibility index (Phi) is 5.57. The van der Waals surface area contributed by atoms with E-state index in [0.29, 0.717) is 29.2 Å². The number of nitrogens with zero attached hydrogens (tertiary/aromatic N) is 2. The van der Waals surface area contributed by atoms with Crippen molar-refractivity contribution >= 4 is 23.1 Å². The highest BCUT2D eigenvalue weighted by molar-refractivity contribution is 6.45. The van der Waals surface area contributed by atoms with Crippen LogP contribution in [0.5, 0.6) is 5.75 Å². The third-order valence-corrected chi connectivity index (χ3v) is 4.34. The molecular weight excluding hydrogens is 344 g/mol. The van der Waals surface area contributed by atoms with Gasteiger partial charge < -0.3 is 14.7 Å². The maximum absolute atomic E-state index is 13.2. The number of hydrogen-bond acceptors (Lipinski definition) is 5. The van der Waals surface area contributed by atoms with Crippen molar-refractivity contribution in [3.8, 4) is 5.75 Å². The number of imide groups is 1. The molecule has 0 saturated carbocycles. The molecule has 6 heteroatoms. The van der Waals surface area contributed by atoms with Crippen LogP contribution in [0.15, 0.2) is 60.3 Å². The van der Waals surface area contributed by atoms with Crippen LogP contribution in [0.25, 0.3) is 5.57 Å². The number of ether oxygens (including phenoxy) is 1. The van der Waals surface area contributed by atoms with Crippen molar-refractivity contribution in [2.24, 2.45) is 0 Å². The van der Waals surface area contributed by atoms with Gasteiger partial charge in [-0.15, -0.1) is 0 Å². The number of aliphatic hydroxyl groups is 1. The molecule has 1 aliphatic rings. The molecule has 140 valence electrons. The first kappa shape index (κ1) is 18.7. The first-order valence-electron chi connectivity index (χ1n) is 8.81. The number of likely N-dealkylation sites (N-methyl/N-ethyl adjacent to an activating group) is 1. The van der Waals surface area contributed by atoms with E-state index in [-0.39, 0.29) is 24.8 Å². The van der Waals surface area contributed by atoms with Gasteiger partial charge in [-0.3, -0.25) is 9.59 Å². The Labute approximate surface area is 158 Å². The lowest BCUT2D eigenvalue weighted by atomic mass is 10.0. The van der Waals surface area contributed by atoms with Gasteiger partial charge in [-0.25, -0.2) is 4.90 Å². The predicted molar refractivity (Wildman–Crippen MR) is 103 cm³/mol. The zero-order chi connectivity index (χ0) is 19.4. The van der Waals surface area contributed by atoms with E-state index in [2.05, 4.69) is 0 Å². The summed E-state index contributed by atoms with van der Waals surface area (Å²) >= 11 is 0. The van der Waals surface area contributed by atoms with E-state index in [1.54, 1.807) is 60.5 Å². The quantitative estimate of drug-likeness (QED) is 0.762. The topological polar surface area (TPSA) is 70.1 Å². The Balaban J connectivity index is 2.07. The molecule has 1 heterocycles. The number of carbonyl (C=O) groups excluding carboxylic acids is 2. The van der Waals surface area contributed by atoms with E-state index < -0.39 is 5.91 Å². The van der Waals surface area contributed by atoms with Crippen molar-refractivity contribution in [1.82, 2.24) is 4.90 Å². The second-order valence-electron chi connectivity index (χ2n) is 6.11. The second-order valence-corrected chi connectivity index (χ2v) is 6.11. The molecule has 3 rings (SSSR count). The molecule has 2 amide bonds. The van der Waals surface area contributed by atoms with Crippen molar-refractivity contribution in [3.05, 3.63) is 65.9 Å². The molecule has 0 fully saturated rings. The molecule has 2 aromatic rings. The van der Waals surface area contributed by atoms with Gasteiger partial charge in [-0.1, -0.05) is 30.3 Å². The van der Waals surface area contributed by atoms with E-state index in [0.717, 1.165) is 0 Å². The first-order valence-corrected chi connectivity index (χ1v) is 8.81. The van der Waals surface area contributed by atoms with Crippen LogP contribution in [-0.4, -0.2) is 48.6 Å². The largest absolute Gasteiger partial charge is 0.494 e. The number of hydrogen-bond donors (Lipinski definition) is 1. The number of rotatable bonds is 7. The van der Waals surface area contributed by atoms with Gasteiger partial charge in [0.25, 0.3) is 11.8 Å². The molecule has 1 N–H and O–H groups in total. The maximum atomic E-state index is 13.2. The first-order chi connectivity index (χ1) is 13.1. The van der Waals surface area contributed by atoms with Crippen LogP contribution in [0, 0.1) is 0 Å². The van der Waals surface area contributed by atoms with Gasteiger partial charge in [0, 0.05) is 13.6 Å².